The van der Waals surface area contributed by atoms with Gasteiger partial charge in [0.05, 0.1) is 16.6 Å². The normalized spacial score (nSPS) is 12.2. The second kappa shape index (κ2) is 8.87. The first-order valence-corrected chi connectivity index (χ1v) is 10.5. The minimum Gasteiger partial charge on any atom is -0.348 e. The minimum absolute atomic E-state index is 0.0211. The molecule has 7 heteroatoms. The number of carbonyl (C=O) groups excluding carboxylic acids is 1. The zero-order valence-corrected chi connectivity index (χ0v) is 16.6. The first kappa shape index (κ1) is 20.5. The lowest BCUT2D eigenvalue weighted by molar-refractivity contribution is -0.120. The largest absolute Gasteiger partial charge is 0.348 e. The maximum absolute atomic E-state index is 14.4. The molecule has 0 aliphatic heterocycles. The van der Waals surface area contributed by atoms with E-state index in [9.17, 15) is 17.6 Å². The molecule has 0 fully saturated rings. The molecule has 0 aliphatic rings. The third-order valence-corrected chi connectivity index (χ3v) is 6.19. The van der Waals surface area contributed by atoms with Crippen LogP contribution in [0.3, 0.4) is 0 Å². The fourth-order valence-electron chi connectivity index (χ4n) is 2.92. The predicted octanol–water partition coefficient (Wildman–Crippen LogP) is 3.90. The van der Waals surface area contributed by atoms with Crippen molar-refractivity contribution in [2.45, 2.75) is 17.9 Å². The summed E-state index contributed by atoms with van der Waals surface area (Å²) in [6.45, 7) is 1.25. The summed E-state index contributed by atoms with van der Waals surface area (Å²) in [5.74, 6) is -1.26. The smallest absolute Gasteiger partial charge is 0.264 e. The SMILES string of the molecule is CC(NC(=O)CN(c1ccccc1F)S(=O)(=O)c1ccccc1)c1ccccc1. The monoisotopic (exact) mass is 412 g/mol. The quantitative estimate of drug-likeness (QED) is 0.640. The van der Waals surface area contributed by atoms with Crippen molar-refractivity contribution in [3.63, 3.8) is 0 Å². The van der Waals surface area contributed by atoms with Crippen LogP contribution >= 0.6 is 0 Å². The molecule has 0 aromatic heterocycles. The molecule has 1 unspecified atom stereocenters. The fraction of sp³-hybridized carbons (Fsp3) is 0.136. The minimum atomic E-state index is -4.14. The van der Waals surface area contributed by atoms with Crippen LogP contribution in [0.5, 0.6) is 0 Å². The molecule has 0 saturated carbocycles. The lowest BCUT2D eigenvalue weighted by Crippen LogP contribution is -2.42. The lowest BCUT2D eigenvalue weighted by atomic mass is 10.1. The third-order valence-electron chi connectivity index (χ3n) is 4.42. The number of benzene rings is 3. The van der Waals surface area contributed by atoms with Crippen molar-refractivity contribution in [2.24, 2.45) is 0 Å². The van der Waals surface area contributed by atoms with Crippen molar-refractivity contribution in [2.75, 3.05) is 10.8 Å². The molecule has 0 spiro atoms. The van der Waals surface area contributed by atoms with Crippen molar-refractivity contribution >= 4 is 21.6 Å². The summed E-state index contributed by atoms with van der Waals surface area (Å²) < 4.78 is 41.5. The molecule has 3 aromatic carbocycles. The van der Waals surface area contributed by atoms with Gasteiger partial charge in [0.15, 0.2) is 0 Å². The van der Waals surface area contributed by atoms with E-state index in [-0.39, 0.29) is 16.6 Å². The van der Waals surface area contributed by atoms with Crippen LogP contribution in [0, 0.1) is 5.82 Å². The molecule has 29 heavy (non-hydrogen) atoms. The van der Waals surface area contributed by atoms with Gasteiger partial charge in [-0.15, -0.1) is 0 Å². The zero-order chi connectivity index (χ0) is 20.9. The number of rotatable bonds is 7. The molecule has 0 radical (unpaired) electrons. The average Bonchev–Trinajstić information content (AvgIpc) is 2.74. The van der Waals surface area contributed by atoms with Crippen molar-refractivity contribution in [1.29, 1.82) is 0 Å². The Morgan fingerprint density at radius 2 is 1.48 bits per heavy atom. The zero-order valence-electron chi connectivity index (χ0n) is 15.8. The van der Waals surface area contributed by atoms with E-state index >= 15 is 0 Å². The molecular formula is C22H21FN2O3S. The molecule has 0 bridgehead atoms. The van der Waals surface area contributed by atoms with Crippen molar-refractivity contribution in [3.05, 3.63) is 96.3 Å². The summed E-state index contributed by atoms with van der Waals surface area (Å²) in [5.41, 5.74) is 0.697. The molecule has 1 amide bonds. The van der Waals surface area contributed by atoms with E-state index in [1.165, 1.54) is 30.3 Å². The molecule has 3 rings (SSSR count). The molecule has 150 valence electrons. The first-order chi connectivity index (χ1) is 13.9. The van der Waals surface area contributed by atoms with Gasteiger partial charge in [0.2, 0.25) is 5.91 Å². The van der Waals surface area contributed by atoms with Crippen LogP contribution in [0.25, 0.3) is 0 Å². The van der Waals surface area contributed by atoms with Gasteiger partial charge in [-0.05, 0) is 36.8 Å². The van der Waals surface area contributed by atoms with E-state index in [1.807, 2.05) is 30.3 Å². The Kier molecular flexibility index (Phi) is 6.29. The van der Waals surface area contributed by atoms with Gasteiger partial charge in [0, 0.05) is 0 Å². The highest BCUT2D eigenvalue weighted by Gasteiger charge is 2.29. The van der Waals surface area contributed by atoms with Crippen LogP contribution in [-0.2, 0) is 14.8 Å². The van der Waals surface area contributed by atoms with E-state index in [2.05, 4.69) is 5.32 Å². The third kappa shape index (κ3) is 4.81. The number of anilines is 1. The van der Waals surface area contributed by atoms with Gasteiger partial charge >= 0.3 is 0 Å². The number of halogens is 1. The molecule has 1 N–H and O–H groups in total. The number of hydrogen-bond donors (Lipinski definition) is 1. The number of hydrogen-bond acceptors (Lipinski definition) is 3. The maximum Gasteiger partial charge on any atom is 0.264 e. The Labute approximate surface area is 169 Å². The van der Waals surface area contributed by atoms with Gasteiger partial charge in [-0.1, -0.05) is 60.7 Å². The van der Waals surface area contributed by atoms with E-state index in [1.54, 1.807) is 25.1 Å². The molecule has 0 heterocycles. The van der Waals surface area contributed by atoms with Crippen LogP contribution < -0.4 is 9.62 Å². The van der Waals surface area contributed by atoms with Crippen molar-refractivity contribution in [3.8, 4) is 0 Å². The van der Waals surface area contributed by atoms with Crippen LogP contribution in [0.4, 0.5) is 10.1 Å². The summed E-state index contributed by atoms with van der Waals surface area (Å²) in [6.07, 6.45) is 0. The van der Waals surface area contributed by atoms with Crippen molar-refractivity contribution in [1.82, 2.24) is 5.32 Å². The highest BCUT2D eigenvalue weighted by atomic mass is 32.2. The predicted molar refractivity (Wildman–Crippen MR) is 110 cm³/mol. The summed E-state index contributed by atoms with van der Waals surface area (Å²) in [5, 5.41) is 2.77. The summed E-state index contributed by atoms with van der Waals surface area (Å²) in [6, 6.07) is 22.1. The standard InChI is InChI=1S/C22H21FN2O3S/c1-17(18-10-4-2-5-11-18)24-22(26)16-25(21-15-9-8-14-20(21)23)29(27,28)19-12-6-3-7-13-19/h2-15,17H,16H2,1H3,(H,24,26). The number of sulfonamides is 1. The summed E-state index contributed by atoms with van der Waals surface area (Å²) >= 11 is 0. The first-order valence-electron chi connectivity index (χ1n) is 9.06. The molecular weight excluding hydrogens is 391 g/mol. The fourth-order valence-corrected chi connectivity index (χ4v) is 4.37. The van der Waals surface area contributed by atoms with E-state index in [0.29, 0.717) is 0 Å². The number of carbonyl (C=O) groups is 1. The molecule has 3 aromatic rings. The molecule has 1 atom stereocenters. The van der Waals surface area contributed by atoms with Gasteiger partial charge in [0.1, 0.15) is 12.4 Å². The Morgan fingerprint density at radius 1 is 0.931 bits per heavy atom. The van der Waals surface area contributed by atoms with Gasteiger partial charge in [-0.3, -0.25) is 9.10 Å². The summed E-state index contributed by atoms with van der Waals surface area (Å²) in [7, 11) is -4.14. The van der Waals surface area contributed by atoms with E-state index < -0.39 is 28.3 Å². The van der Waals surface area contributed by atoms with Gasteiger partial charge < -0.3 is 5.32 Å². The lowest BCUT2D eigenvalue weighted by Gasteiger charge is -2.25. The number of nitrogens with one attached hydrogen (secondary N) is 1. The number of para-hydroxylation sites is 1. The second-order valence-electron chi connectivity index (χ2n) is 6.48. The van der Waals surface area contributed by atoms with Gasteiger partial charge in [0.25, 0.3) is 10.0 Å². The Bertz CT molecular complexity index is 1070. The number of nitrogens with zero attached hydrogens (tertiary/aromatic N) is 1. The van der Waals surface area contributed by atoms with Gasteiger partial charge in [-0.2, -0.15) is 0 Å². The van der Waals surface area contributed by atoms with E-state index in [4.69, 9.17) is 0 Å². The maximum atomic E-state index is 14.4. The Morgan fingerprint density at radius 3 is 2.10 bits per heavy atom. The Hall–Kier alpha value is -3.19. The topological polar surface area (TPSA) is 66.5 Å². The summed E-state index contributed by atoms with van der Waals surface area (Å²) in [4.78, 5) is 12.6. The highest BCUT2D eigenvalue weighted by Crippen LogP contribution is 2.26. The molecule has 0 aliphatic carbocycles. The van der Waals surface area contributed by atoms with Crippen LogP contribution in [0.15, 0.2) is 89.8 Å². The van der Waals surface area contributed by atoms with Crippen molar-refractivity contribution < 1.29 is 17.6 Å². The molecule has 5 nitrogen and oxygen atoms in total. The van der Waals surface area contributed by atoms with Crippen LogP contribution in [0.1, 0.15) is 18.5 Å². The molecule has 0 saturated heterocycles. The average molecular weight is 412 g/mol. The van der Waals surface area contributed by atoms with Crippen LogP contribution in [-0.4, -0.2) is 20.9 Å². The number of amides is 1. The highest BCUT2D eigenvalue weighted by molar-refractivity contribution is 7.92. The van der Waals surface area contributed by atoms with E-state index in [0.717, 1.165) is 15.9 Å². The van der Waals surface area contributed by atoms with Crippen LogP contribution in [0.2, 0.25) is 0 Å². The second-order valence-corrected chi connectivity index (χ2v) is 8.34. The Balaban J connectivity index is 1.90. The van der Waals surface area contributed by atoms with Gasteiger partial charge in [-0.25, -0.2) is 12.8 Å².